The number of nitrogens with zero attached hydrogens (tertiary/aromatic N) is 2. The Morgan fingerprint density at radius 3 is 2.38 bits per heavy atom. The Hall–Kier alpha value is -2.36. The van der Waals surface area contributed by atoms with Gasteiger partial charge >= 0.3 is 12.1 Å². The Balaban J connectivity index is 1.69. The van der Waals surface area contributed by atoms with Gasteiger partial charge in [0, 0.05) is 56.8 Å². The molecule has 39 heavy (non-hydrogen) atoms. The van der Waals surface area contributed by atoms with Crippen LogP contribution >= 0.6 is 0 Å². The second-order valence-electron chi connectivity index (χ2n) is 11.7. The number of esters is 1. The Kier molecular flexibility index (Phi) is 11.4. The number of carbonyl (C=O) groups is 2. The van der Waals surface area contributed by atoms with E-state index in [1.54, 1.807) is 0 Å². The fraction of sp³-hybridized carbons (Fsp3) is 0.733. The fourth-order valence-corrected chi connectivity index (χ4v) is 5.65. The topological polar surface area (TPSA) is 82.0 Å². The van der Waals surface area contributed by atoms with E-state index in [0.717, 1.165) is 87.6 Å². The number of methoxy groups -OCH3 is 1. The third kappa shape index (κ3) is 8.82. The van der Waals surface area contributed by atoms with Gasteiger partial charge in [-0.15, -0.1) is 0 Å². The lowest BCUT2D eigenvalue weighted by molar-refractivity contribution is -0.833. The first kappa shape index (κ1) is 31.2. The van der Waals surface area contributed by atoms with Gasteiger partial charge in [-0.25, -0.2) is 9.69 Å². The second kappa shape index (κ2) is 14.3. The Bertz CT molecular complexity index is 949. The number of anilines is 1. The molecular formula is C30H50N3O6+. The molecule has 1 aromatic rings. The number of carbonyl (C=O) groups excluding carboxylic acids is 2. The van der Waals surface area contributed by atoms with Crippen LogP contribution in [0.2, 0.25) is 0 Å². The van der Waals surface area contributed by atoms with Gasteiger partial charge in [0.1, 0.15) is 11.4 Å². The van der Waals surface area contributed by atoms with Gasteiger partial charge in [-0.05, 0) is 65.5 Å². The third-order valence-corrected chi connectivity index (χ3v) is 7.87. The van der Waals surface area contributed by atoms with Crippen LogP contribution in [0.1, 0.15) is 75.7 Å². The molecule has 1 aliphatic carbocycles. The molecule has 1 aliphatic heterocycles. The number of amides is 1. The minimum Gasteiger partial charge on any atom is -0.493 e. The van der Waals surface area contributed by atoms with Crippen LogP contribution in [0.15, 0.2) is 12.1 Å². The summed E-state index contributed by atoms with van der Waals surface area (Å²) in [7, 11) is 3.34. The van der Waals surface area contributed by atoms with Gasteiger partial charge in [0.25, 0.3) is 0 Å². The van der Waals surface area contributed by atoms with Crippen LogP contribution in [-0.4, -0.2) is 94.8 Å². The first-order valence-corrected chi connectivity index (χ1v) is 14.5. The van der Waals surface area contributed by atoms with Gasteiger partial charge < -0.3 is 23.8 Å². The zero-order chi connectivity index (χ0) is 28.6. The molecule has 2 aliphatic rings. The average Bonchev–Trinajstić information content (AvgIpc) is 2.92. The summed E-state index contributed by atoms with van der Waals surface area (Å²) in [4.78, 5) is 30.9. The molecule has 1 amide bonds. The van der Waals surface area contributed by atoms with Gasteiger partial charge in [-0.1, -0.05) is 0 Å². The summed E-state index contributed by atoms with van der Waals surface area (Å²) in [5, 5.41) is 0. The molecule has 1 unspecified atom stereocenters. The van der Waals surface area contributed by atoms with Gasteiger partial charge in [-0.2, -0.15) is 4.79 Å². The van der Waals surface area contributed by atoms with E-state index in [-0.39, 0.29) is 18.1 Å². The van der Waals surface area contributed by atoms with Crippen molar-refractivity contribution in [3.63, 3.8) is 0 Å². The van der Waals surface area contributed by atoms with Crippen molar-refractivity contribution in [3.8, 4) is 5.75 Å². The van der Waals surface area contributed by atoms with Crippen molar-refractivity contribution in [1.82, 2.24) is 4.90 Å². The molecule has 1 N–H and O–H groups in total. The summed E-state index contributed by atoms with van der Waals surface area (Å²) in [6, 6.07) is 4.44. The lowest BCUT2D eigenvalue weighted by Crippen LogP contribution is -3.15. The number of ether oxygens (including phenoxy) is 4. The van der Waals surface area contributed by atoms with Gasteiger partial charge in [0.2, 0.25) is 0 Å². The van der Waals surface area contributed by atoms with E-state index in [2.05, 4.69) is 22.8 Å². The maximum atomic E-state index is 12.7. The molecule has 2 fully saturated rings. The first-order valence-electron chi connectivity index (χ1n) is 14.5. The van der Waals surface area contributed by atoms with E-state index >= 15 is 0 Å². The summed E-state index contributed by atoms with van der Waals surface area (Å²) in [6.07, 6.45) is 4.54. The van der Waals surface area contributed by atoms with Crippen LogP contribution < -0.4 is 14.5 Å². The van der Waals surface area contributed by atoms with Crippen molar-refractivity contribution in [1.29, 1.82) is 0 Å². The lowest BCUT2D eigenvalue weighted by Gasteiger charge is -2.39. The average molecular weight is 549 g/mol. The molecule has 1 aromatic carbocycles. The van der Waals surface area contributed by atoms with E-state index < -0.39 is 5.60 Å². The van der Waals surface area contributed by atoms with Crippen LogP contribution in [0, 0.1) is 6.92 Å². The van der Waals surface area contributed by atoms with Crippen LogP contribution in [-0.2, 0) is 14.2 Å². The molecule has 9 nitrogen and oxygen atoms in total. The van der Waals surface area contributed by atoms with Crippen LogP contribution in [0.25, 0.3) is 0 Å². The molecule has 1 atom stereocenters. The molecule has 3 rings (SSSR count). The molecule has 9 heteroatoms. The molecule has 0 spiro atoms. The van der Waals surface area contributed by atoms with E-state index in [1.807, 2.05) is 40.8 Å². The lowest BCUT2D eigenvalue weighted by atomic mass is 9.88. The Morgan fingerprint density at radius 2 is 1.79 bits per heavy atom. The summed E-state index contributed by atoms with van der Waals surface area (Å²) in [5.41, 5.74) is 1.97. The third-order valence-electron chi connectivity index (χ3n) is 7.87. The quantitative estimate of drug-likeness (QED) is 0.352. The van der Waals surface area contributed by atoms with E-state index in [4.69, 9.17) is 18.9 Å². The molecule has 1 saturated carbocycles. The highest BCUT2D eigenvalue weighted by molar-refractivity contribution is 5.93. The highest BCUT2D eigenvalue weighted by Crippen LogP contribution is 2.34. The van der Waals surface area contributed by atoms with Crippen molar-refractivity contribution in [2.24, 2.45) is 0 Å². The fourth-order valence-electron chi connectivity index (χ4n) is 5.65. The minimum atomic E-state index is -0.487. The largest absolute Gasteiger partial charge is 0.514 e. The SMILES string of the molecule is CCN(c1cc(OCCCN2CCOCC2)cc(C(=O)OC)c1C)C1CCC([NH+](C)C(=O)OC(C)(C)C)CC1. The number of morpholine rings is 1. The Morgan fingerprint density at radius 1 is 1.13 bits per heavy atom. The summed E-state index contributed by atoms with van der Waals surface area (Å²) < 4.78 is 22.3. The molecule has 0 bridgehead atoms. The van der Waals surface area contributed by atoms with Crippen LogP contribution in [0.5, 0.6) is 5.75 Å². The number of nitrogens with one attached hydrogen (secondary N) is 1. The monoisotopic (exact) mass is 548 g/mol. The molecular weight excluding hydrogens is 498 g/mol. The van der Waals surface area contributed by atoms with E-state index in [9.17, 15) is 9.59 Å². The smallest absolute Gasteiger partial charge is 0.493 e. The predicted octanol–water partition coefficient (Wildman–Crippen LogP) is 3.47. The van der Waals surface area contributed by atoms with Crippen molar-refractivity contribution in [2.75, 3.05) is 65.1 Å². The highest BCUT2D eigenvalue weighted by atomic mass is 16.6. The van der Waals surface area contributed by atoms with Crippen LogP contribution in [0.4, 0.5) is 10.5 Å². The highest BCUT2D eigenvalue weighted by Gasteiger charge is 2.35. The normalized spacial score (nSPS) is 21.2. The summed E-state index contributed by atoms with van der Waals surface area (Å²) in [6.45, 7) is 15.7. The van der Waals surface area contributed by atoms with Crippen molar-refractivity contribution < 1.29 is 33.4 Å². The molecule has 0 aromatic heterocycles. The Labute approximate surface area is 234 Å². The van der Waals surface area contributed by atoms with Gasteiger partial charge in [0.05, 0.1) is 45.6 Å². The standard InChI is InChI=1S/C30H49N3O6/c1-8-33(24-12-10-23(11-13-24)31(6)29(35)39-30(3,4)5)27-21-25(20-26(22(27)2)28(34)36-7)38-17-9-14-32-15-18-37-19-16-32/h20-21,23-24H,8-19H2,1-7H3/p+1. The van der Waals surface area contributed by atoms with Gasteiger partial charge in [-0.3, -0.25) is 4.90 Å². The summed E-state index contributed by atoms with van der Waals surface area (Å²) >= 11 is 0. The molecule has 1 heterocycles. The zero-order valence-corrected chi connectivity index (χ0v) is 25.1. The number of rotatable bonds is 10. The predicted molar refractivity (Wildman–Crippen MR) is 152 cm³/mol. The number of quaternary nitrogens is 1. The maximum absolute atomic E-state index is 12.7. The van der Waals surface area contributed by atoms with Crippen LogP contribution in [0.3, 0.4) is 0 Å². The second-order valence-corrected chi connectivity index (χ2v) is 11.7. The van der Waals surface area contributed by atoms with Gasteiger partial charge in [0.15, 0.2) is 0 Å². The van der Waals surface area contributed by atoms with Crippen molar-refractivity contribution in [3.05, 3.63) is 23.3 Å². The number of hydrogen-bond donors (Lipinski definition) is 1. The first-order chi connectivity index (χ1) is 18.5. The minimum absolute atomic E-state index is 0.185. The zero-order valence-electron chi connectivity index (χ0n) is 25.1. The van der Waals surface area contributed by atoms with Crippen molar-refractivity contribution >= 4 is 17.7 Å². The molecule has 220 valence electrons. The number of hydrogen-bond acceptors (Lipinski definition) is 8. The maximum Gasteiger partial charge on any atom is 0.514 e. The van der Waals surface area contributed by atoms with E-state index in [1.165, 1.54) is 7.11 Å². The summed E-state index contributed by atoms with van der Waals surface area (Å²) in [5.74, 6) is 0.342. The molecule has 0 radical (unpaired) electrons. The number of alkyl carbamates (subject to hydrolysis) is 2. The molecule has 1 saturated heterocycles. The van der Waals surface area contributed by atoms with E-state index in [0.29, 0.717) is 24.0 Å². The number of benzene rings is 1. The van der Waals surface area contributed by atoms with Crippen molar-refractivity contribution in [2.45, 2.75) is 84.4 Å².